The number of nitrogens with zero attached hydrogens (tertiary/aromatic N) is 3. The molecule has 0 bridgehead atoms. The van der Waals surface area contributed by atoms with Crippen LogP contribution in [0.25, 0.3) is 0 Å². The van der Waals surface area contributed by atoms with Gasteiger partial charge in [0.05, 0.1) is 39.1 Å². The van der Waals surface area contributed by atoms with E-state index in [1.807, 2.05) is 6.92 Å². The molecule has 0 aromatic carbocycles. The van der Waals surface area contributed by atoms with Gasteiger partial charge in [-0.15, -0.1) is 5.10 Å². The van der Waals surface area contributed by atoms with E-state index in [0.29, 0.717) is 45.2 Å². The van der Waals surface area contributed by atoms with Gasteiger partial charge in [-0.2, -0.15) is 0 Å². The van der Waals surface area contributed by atoms with Crippen LogP contribution < -0.4 is 5.32 Å². The molecule has 1 rings (SSSR count). The SMILES string of the molecule is CCOCCOCCn1cc(CNC(=O)CCC(C)=O)nn1. The Bertz CT molecular complexity index is 461. The fraction of sp³-hybridized carbons (Fsp3) is 0.714. The molecule has 0 unspecified atom stereocenters. The second-order valence-electron chi connectivity index (χ2n) is 4.76. The summed E-state index contributed by atoms with van der Waals surface area (Å²) >= 11 is 0. The lowest BCUT2D eigenvalue weighted by Gasteiger charge is -2.04. The largest absolute Gasteiger partial charge is 0.379 e. The van der Waals surface area contributed by atoms with Crippen LogP contribution in [0, 0.1) is 0 Å². The Morgan fingerprint density at radius 3 is 2.73 bits per heavy atom. The number of ether oxygens (including phenoxy) is 2. The van der Waals surface area contributed by atoms with Gasteiger partial charge in [0.25, 0.3) is 0 Å². The smallest absolute Gasteiger partial charge is 0.220 e. The number of Topliss-reactive ketones (excluding diaryl/α,β-unsaturated/α-hetero) is 1. The number of carbonyl (C=O) groups is 2. The highest BCUT2D eigenvalue weighted by Gasteiger charge is 2.05. The zero-order chi connectivity index (χ0) is 16.2. The first-order chi connectivity index (χ1) is 10.6. The van der Waals surface area contributed by atoms with Crippen molar-refractivity contribution in [3.05, 3.63) is 11.9 Å². The van der Waals surface area contributed by atoms with E-state index in [1.165, 1.54) is 6.92 Å². The summed E-state index contributed by atoms with van der Waals surface area (Å²) in [4.78, 5) is 22.3. The number of hydrogen-bond acceptors (Lipinski definition) is 6. The normalized spacial score (nSPS) is 10.6. The minimum absolute atomic E-state index is 0.00503. The molecular weight excluding hydrogens is 288 g/mol. The number of hydrogen-bond donors (Lipinski definition) is 1. The summed E-state index contributed by atoms with van der Waals surface area (Å²) in [6.07, 6.45) is 2.23. The monoisotopic (exact) mass is 312 g/mol. The molecule has 0 atom stereocenters. The average molecular weight is 312 g/mol. The molecule has 1 N–H and O–H groups in total. The van der Waals surface area contributed by atoms with Gasteiger partial charge in [0, 0.05) is 19.4 Å². The fourth-order valence-electron chi connectivity index (χ4n) is 1.62. The molecule has 1 aromatic heterocycles. The van der Waals surface area contributed by atoms with Crippen LogP contribution in [0.3, 0.4) is 0 Å². The van der Waals surface area contributed by atoms with Gasteiger partial charge in [0.15, 0.2) is 0 Å². The lowest BCUT2D eigenvalue weighted by Crippen LogP contribution is -2.23. The second kappa shape index (κ2) is 10.9. The molecule has 1 aromatic rings. The summed E-state index contributed by atoms with van der Waals surface area (Å²) < 4.78 is 12.2. The number of aromatic nitrogens is 3. The molecule has 0 saturated heterocycles. The van der Waals surface area contributed by atoms with Crippen LogP contribution in [0.2, 0.25) is 0 Å². The third kappa shape index (κ3) is 8.48. The van der Waals surface area contributed by atoms with Crippen molar-refractivity contribution in [3.63, 3.8) is 0 Å². The Hall–Kier alpha value is -1.80. The lowest BCUT2D eigenvalue weighted by molar-refractivity contribution is -0.124. The summed E-state index contributed by atoms with van der Waals surface area (Å²) in [5.74, 6) is -0.158. The average Bonchev–Trinajstić information content (AvgIpc) is 2.94. The fourth-order valence-corrected chi connectivity index (χ4v) is 1.62. The number of rotatable bonds is 12. The third-order valence-corrected chi connectivity index (χ3v) is 2.80. The van der Waals surface area contributed by atoms with Gasteiger partial charge >= 0.3 is 0 Å². The van der Waals surface area contributed by atoms with Gasteiger partial charge in [-0.1, -0.05) is 5.21 Å². The number of nitrogens with one attached hydrogen (secondary N) is 1. The molecule has 0 aliphatic heterocycles. The van der Waals surface area contributed by atoms with E-state index in [1.54, 1.807) is 10.9 Å². The maximum atomic E-state index is 11.5. The second-order valence-corrected chi connectivity index (χ2v) is 4.76. The quantitative estimate of drug-likeness (QED) is 0.558. The predicted molar refractivity (Wildman–Crippen MR) is 79.1 cm³/mol. The van der Waals surface area contributed by atoms with Crippen molar-refractivity contribution >= 4 is 11.7 Å². The number of amides is 1. The van der Waals surface area contributed by atoms with Crippen LogP contribution in [0.1, 0.15) is 32.4 Å². The summed E-state index contributed by atoms with van der Waals surface area (Å²) in [6, 6.07) is 0. The highest BCUT2D eigenvalue weighted by atomic mass is 16.5. The van der Waals surface area contributed by atoms with Crippen LogP contribution in [-0.4, -0.2) is 53.1 Å². The molecule has 8 nitrogen and oxygen atoms in total. The van der Waals surface area contributed by atoms with Gasteiger partial charge in [0.2, 0.25) is 5.91 Å². The highest BCUT2D eigenvalue weighted by Crippen LogP contribution is 1.95. The Kier molecular flexibility index (Phi) is 9.01. The molecule has 0 aliphatic carbocycles. The zero-order valence-corrected chi connectivity index (χ0v) is 13.2. The molecular formula is C14H24N4O4. The third-order valence-electron chi connectivity index (χ3n) is 2.80. The van der Waals surface area contributed by atoms with Gasteiger partial charge < -0.3 is 19.6 Å². The molecule has 1 heterocycles. The van der Waals surface area contributed by atoms with E-state index in [4.69, 9.17) is 9.47 Å². The van der Waals surface area contributed by atoms with Gasteiger partial charge in [-0.25, -0.2) is 4.68 Å². The molecule has 0 radical (unpaired) electrons. The number of ketones is 1. The van der Waals surface area contributed by atoms with Crippen molar-refractivity contribution in [2.75, 3.05) is 26.4 Å². The van der Waals surface area contributed by atoms with Crippen LogP contribution >= 0.6 is 0 Å². The Labute approximate surface area is 130 Å². The lowest BCUT2D eigenvalue weighted by atomic mass is 10.2. The van der Waals surface area contributed by atoms with E-state index < -0.39 is 0 Å². The molecule has 0 fully saturated rings. The van der Waals surface area contributed by atoms with Crippen LogP contribution in [0.5, 0.6) is 0 Å². The Balaban J connectivity index is 2.15. The van der Waals surface area contributed by atoms with E-state index in [-0.39, 0.29) is 24.5 Å². The maximum Gasteiger partial charge on any atom is 0.220 e. The van der Waals surface area contributed by atoms with Crippen molar-refractivity contribution in [2.24, 2.45) is 0 Å². The predicted octanol–water partition coefficient (Wildman–Crippen LogP) is 0.317. The van der Waals surface area contributed by atoms with E-state index in [2.05, 4.69) is 15.6 Å². The number of carbonyl (C=O) groups excluding carboxylic acids is 2. The van der Waals surface area contributed by atoms with Gasteiger partial charge in [-0.3, -0.25) is 4.79 Å². The molecule has 0 spiro atoms. The minimum Gasteiger partial charge on any atom is -0.379 e. The van der Waals surface area contributed by atoms with Crippen LogP contribution in [0.15, 0.2) is 6.20 Å². The Morgan fingerprint density at radius 2 is 2.00 bits per heavy atom. The standard InChI is InChI=1S/C14H24N4O4/c1-3-21-8-9-22-7-6-18-11-13(16-17-18)10-15-14(20)5-4-12(2)19/h11H,3-10H2,1-2H3,(H,15,20). The van der Waals surface area contributed by atoms with Gasteiger partial charge in [0.1, 0.15) is 11.5 Å². The zero-order valence-electron chi connectivity index (χ0n) is 13.2. The summed E-state index contributed by atoms with van der Waals surface area (Å²) in [6.45, 7) is 6.67. The van der Waals surface area contributed by atoms with Gasteiger partial charge in [-0.05, 0) is 13.8 Å². The van der Waals surface area contributed by atoms with E-state index in [0.717, 1.165) is 0 Å². The minimum atomic E-state index is -0.163. The van der Waals surface area contributed by atoms with E-state index in [9.17, 15) is 9.59 Å². The Morgan fingerprint density at radius 1 is 1.23 bits per heavy atom. The topological polar surface area (TPSA) is 95.3 Å². The summed E-state index contributed by atoms with van der Waals surface area (Å²) in [5.41, 5.74) is 0.672. The highest BCUT2D eigenvalue weighted by molar-refractivity contribution is 5.83. The van der Waals surface area contributed by atoms with Crippen molar-refractivity contribution < 1.29 is 19.1 Å². The first-order valence-corrected chi connectivity index (χ1v) is 7.42. The molecule has 0 saturated carbocycles. The van der Waals surface area contributed by atoms with Crippen molar-refractivity contribution in [2.45, 2.75) is 39.8 Å². The summed E-state index contributed by atoms with van der Waals surface area (Å²) in [7, 11) is 0. The summed E-state index contributed by atoms with van der Waals surface area (Å²) in [5, 5.41) is 10.6. The molecule has 8 heteroatoms. The molecule has 0 aliphatic rings. The van der Waals surface area contributed by atoms with Crippen molar-refractivity contribution in [3.8, 4) is 0 Å². The first-order valence-electron chi connectivity index (χ1n) is 7.42. The maximum absolute atomic E-state index is 11.5. The van der Waals surface area contributed by atoms with Crippen LogP contribution in [0.4, 0.5) is 0 Å². The van der Waals surface area contributed by atoms with Crippen LogP contribution in [-0.2, 0) is 32.2 Å². The first kappa shape index (κ1) is 18.2. The van der Waals surface area contributed by atoms with E-state index >= 15 is 0 Å². The van der Waals surface area contributed by atoms with Crippen molar-refractivity contribution in [1.29, 1.82) is 0 Å². The molecule has 124 valence electrons. The molecule has 22 heavy (non-hydrogen) atoms. The molecule has 1 amide bonds. The van der Waals surface area contributed by atoms with Crippen molar-refractivity contribution in [1.82, 2.24) is 20.3 Å².